The smallest absolute Gasteiger partial charge is 0.339 e. The Hall–Kier alpha value is -1.10. The second-order valence-electron chi connectivity index (χ2n) is 4.21. The molecule has 1 unspecified atom stereocenters. The first-order chi connectivity index (χ1) is 7.82. The predicted octanol–water partition coefficient (Wildman–Crippen LogP) is 3.37. The lowest BCUT2D eigenvalue weighted by Crippen LogP contribution is -2.20. The van der Waals surface area contributed by atoms with Crippen molar-refractivity contribution in [3.05, 3.63) is 28.0 Å². The van der Waals surface area contributed by atoms with Crippen molar-refractivity contribution in [1.82, 2.24) is 0 Å². The molecule has 1 aromatic rings. The van der Waals surface area contributed by atoms with Crippen LogP contribution in [0.25, 0.3) is 0 Å². The minimum Gasteiger partial charge on any atom is -0.459 e. The second-order valence-corrected chi connectivity index (χ2v) is 5.06. The van der Waals surface area contributed by atoms with Crippen LogP contribution in [-0.4, -0.2) is 12.1 Å². The van der Waals surface area contributed by atoms with Crippen LogP contribution in [0.4, 0.5) is 10.1 Å². The van der Waals surface area contributed by atoms with Crippen LogP contribution in [0.15, 0.2) is 16.6 Å². The van der Waals surface area contributed by atoms with Gasteiger partial charge in [-0.15, -0.1) is 0 Å². The number of esters is 1. The lowest BCUT2D eigenvalue weighted by molar-refractivity contribution is 0.0237. The van der Waals surface area contributed by atoms with Crippen LogP contribution in [0.5, 0.6) is 0 Å². The van der Waals surface area contributed by atoms with E-state index < -0.39 is 11.8 Å². The predicted molar refractivity (Wildman–Crippen MR) is 68.2 cm³/mol. The van der Waals surface area contributed by atoms with E-state index >= 15 is 0 Å². The summed E-state index contributed by atoms with van der Waals surface area (Å²) in [6, 6.07) is 2.43. The van der Waals surface area contributed by atoms with Crippen LogP contribution in [0.3, 0.4) is 0 Å². The van der Waals surface area contributed by atoms with Crippen molar-refractivity contribution in [2.75, 3.05) is 5.73 Å². The van der Waals surface area contributed by atoms with E-state index in [0.29, 0.717) is 4.47 Å². The molecular weight excluding hydrogens is 289 g/mol. The van der Waals surface area contributed by atoms with Crippen molar-refractivity contribution in [1.29, 1.82) is 0 Å². The van der Waals surface area contributed by atoms with Gasteiger partial charge in [0.2, 0.25) is 0 Å². The van der Waals surface area contributed by atoms with Gasteiger partial charge in [-0.05, 0) is 40.9 Å². The summed E-state index contributed by atoms with van der Waals surface area (Å²) in [6.07, 6.45) is -0.208. The van der Waals surface area contributed by atoms with Gasteiger partial charge in [0.15, 0.2) is 0 Å². The summed E-state index contributed by atoms with van der Waals surface area (Å²) >= 11 is 3.11. The van der Waals surface area contributed by atoms with Gasteiger partial charge in [0.05, 0.1) is 11.3 Å². The van der Waals surface area contributed by atoms with Gasteiger partial charge >= 0.3 is 5.97 Å². The number of halogens is 2. The molecule has 94 valence electrons. The zero-order chi connectivity index (χ0) is 13.2. The van der Waals surface area contributed by atoms with E-state index in [1.165, 1.54) is 6.07 Å². The molecule has 2 N–H and O–H groups in total. The summed E-state index contributed by atoms with van der Waals surface area (Å²) in [7, 11) is 0. The number of nitrogen functional groups attached to an aromatic ring is 1. The van der Waals surface area contributed by atoms with Gasteiger partial charge in [-0.2, -0.15) is 0 Å². The number of benzene rings is 1. The Morgan fingerprint density at radius 3 is 2.53 bits per heavy atom. The number of rotatable bonds is 3. The molecule has 0 heterocycles. The molecule has 0 saturated carbocycles. The molecule has 0 amide bonds. The number of ether oxygens (including phenoxy) is 1. The molecule has 1 rings (SSSR count). The number of hydrogen-bond acceptors (Lipinski definition) is 3. The second kappa shape index (κ2) is 5.49. The molecule has 0 aliphatic carbocycles. The molecule has 17 heavy (non-hydrogen) atoms. The van der Waals surface area contributed by atoms with Crippen LogP contribution >= 0.6 is 15.9 Å². The van der Waals surface area contributed by atoms with Gasteiger partial charge in [0.1, 0.15) is 11.9 Å². The maximum atomic E-state index is 13.1. The number of nitrogens with two attached hydrogens (primary N) is 1. The van der Waals surface area contributed by atoms with Gasteiger partial charge in [0, 0.05) is 4.47 Å². The minimum absolute atomic E-state index is 0.0719. The number of anilines is 1. The van der Waals surface area contributed by atoms with Crippen molar-refractivity contribution in [2.45, 2.75) is 26.9 Å². The number of carbonyl (C=O) groups is 1. The molecule has 0 aliphatic rings. The Kier molecular flexibility index (Phi) is 4.51. The summed E-state index contributed by atoms with van der Waals surface area (Å²) in [5, 5.41) is 0. The Morgan fingerprint density at radius 2 is 2.00 bits per heavy atom. The van der Waals surface area contributed by atoms with E-state index in [1.807, 2.05) is 20.8 Å². The fourth-order valence-corrected chi connectivity index (χ4v) is 1.57. The van der Waals surface area contributed by atoms with E-state index in [9.17, 15) is 9.18 Å². The number of carbonyl (C=O) groups excluding carboxylic acids is 1. The summed E-state index contributed by atoms with van der Waals surface area (Å²) in [5.41, 5.74) is 5.58. The van der Waals surface area contributed by atoms with E-state index in [-0.39, 0.29) is 23.3 Å². The highest BCUT2D eigenvalue weighted by Crippen LogP contribution is 2.24. The highest BCUT2D eigenvalue weighted by molar-refractivity contribution is 9.10. The normalized spacial score (nSPS) is 12.6. The van der Waals surface area contributed by atoms with Crippen molar-refractivity contribution in [3.8, 4) is 0 Å². The molecule has 0 bridgehead atoms. The lowest BCUT2D eigenvalue weighted by Gasteiger charge is -2.17. The first-order valence-corrected chi connectivity index (χ1v) is 6.07. The van der Waals surface area contributed by atoms with Gasteiger partial charge in [-0.1, -0.05) is 13.8 Å². The van der Waals surface area contributed by atoms with E-state index in [2.05, 4.69) is 15.9 Å². The molecule has 0 aliphatic heterocycles. The molecule has 1 atom stereocenters. The third-order valence-corrected chi connectivity index (χ3v) is 3.19. The molecule has 0 radical (unpaired) electrons. The summed E-state index contributed by atoms with van der Waals surface area (Å²) in [4.78, 5) is 11.8. The van der Waals surface area contributed by atoms with Gasteiger partial charge in [0.25, 0.3) is 0 Å². The highest BCUT2D eigenvalue weighted by Gasteiger charge is 2.18. The Balaban J connectivity index is 2.93. The van der Waals surface area contributed by atoms with Gasteiger partial charge in [-0.25, -0.2) is 9.18 Å². The summed E-state index contributed by atoms with van der Waals surface area (Å²) in [6.45, 7) is 5.71. The summed E-state index contributed by atoms with van der Waals surface area (Å²) < 4.78 is 18.7. The van der Waals surface area contributed by atoms with Crippen molar-refractivity contribution >= 4 is 27.6 Å². The molecule has 0 fully saturated rings. The highest BCUT2D eigenvalue weighted by atomic mass is 79.9. The van der Waals surface area contributed by atoms with Crippen LogP contribution < -0.4 is 5.73 Å². The Labute approximate surface area is 108 Å². The van der Waals surface area contributed by atoms with Gasteiger partial charge in [-0.3, -0.25) is 0 Å². The Bertz CT molecular complexity index is 435. The molecular formula is C12H15BrFNO2. The quantitative estimate of drug-likeness (QED) is 0.688. The van der Waals surface area contributed by atoms with E-state index in [4.69, 9.17) is 10.5 Å². The van der Waals surface area contributed by atoms with Crippen LogP contribution in [0.2, 0.25) is 0 Å². The van der Waals surface area contributed by atoms with Crippen LogP contribution in [-0.2, 0) is 4.74 Å². The average molecular weight is 304 g/mol. The SMILES string of the molecule is CC(C)C(C)OC(=O)c1cc(N)c(F)cc1Br. The summed E-state index contributed by atoms with van der Waals surface area (Å²) in [5.74, 6) is -0.856. The third-order valence-electron chi connectivity index (χ3n) is 2.54. The maximum Gasteiger partial charge on any atom is 0.339 e. The zero-order valence-corrected chi connectivity index (χ0v) is 11.5. The lowest BCUT2D eigenvalue weighted by atomic mass is 10.1. The average Bonchev–Trinajstić information content (AvgIpc) is 2.22. The topological polar surface area (TPSA) is 52.3 Å². The fraction of sp³-hybridized carbons (Fsp3) is 0.417. The molecule has 0 spiro atoms. The zero-order valence-electron chi connectivity index (χ0n) is 9.96. The molecule has 0 aromatic heterocycles. The Morgan fingerprint density at radius 1 is 1.41 bits per heavy atom. The molecule has 0 saturated heterocycles. The van der Waals surface area contributed by atoms with Crippen LogP contribution in [0, 0.1) is 11.7 Å². The largest absolute Gasteiger partial charge is 0.459 e. The van der Waals surface area contributed by atoms with Crippen LogP contribution in [0.1, 0.15) is 31.1 Å². The van der Waals surface area contributed by atoms with Gasteiger partial charge < -0.3 is 10.5 Å². The van der Waals surface area contributed by atoms with Crippen molar-refractivity contribution < 1.29 is 13.9 Å². The monoisotopic (exact) mass is 303 g/mol. The first kappa shape index (κ1) is 14.0. The first-order valence-electron chi connectivity index (χ1n) is 5.28. The standard InChI is InChI=1S/C12H15BrFNO2/c1-6(2)7(3)17-12(16)8-4-11(15)10(14)5-9(8)13/h4-7H,15H2,1-3H3. The fourth-order valence-electron chi connectivity index (χ4n) is 1.09. The maximum absolute atomic E-state index is 13.1. The van der Waals surface area contributed by atoms with Crippen molar-refractivity contribution in [2.24, 2.45) is 5.92 Å². The number of hydrogen-bond donors (Lipinski definition) is 1. The third kappa shape index (κ3) is 3.43. The molecule has 5 heteroatoms. The molecule has 1 aromatic carbocycles. The van der Waals surface area contributed by atoms with E-state index in [0.717, 1.165) is 6.07 Å². The van der Waals surface area contributed by atoms with Crippen molar-refractivity contribution in [3.63, 3.8) is 0 Å². The minimum atomic E-state index is -0.565. The van der Waals surface area contributed by atoms with E-state index in [1.54, 1.807) is 0 Å². The molecule has 3 nitrogen and oxygen atoms in total.